The first-order valence-corrected chi connectivity index (χ1v) is 7.43. The first-order chi connectivity index (χ1) is 10.1. The largest absolute Gasteiger partial charge is 0.398 e. The van der Waals surface area contributed by atoms with Crippen molar-refractivity contribution in [3.8, 4) is 0 Å². The third-order valence-electron chi connectivity index (χ3n) is 3.29. The summed E-state index contributed by atoms with van der Waals surface area (Å²) in [5, 5.41) is 3.24. The van der Waals surface area contributed by atoms with Crippen LogP contribution in [0.3, 0.4) is 0 Å². The van der Waals surface area contributed by atoms with Gasteiger partial charge in [0.05, 0.1) is 10.7 Å². The molecule has 0 radical (unpaired) electrons. The molecule has 0 saturated carbocycles. The Bertz CT molecular complexity index is 623. The molecule has 0 unspecified atom stereocenters. The van der Waals surface area contributed by atoms with Crippen molar-refractivity contribution in [1.29, 1.82) is 0 Å². The molecule has 0 aliphatic rings. The number of benzene rings is 2. The SMILES string of the molecule is CCCCc1ccc(NC(=O)c2ccc(N)c(Cl)c2)cc1. The lowest BCUT2D eigenvalue weighted by Crippen LogP contribution is -2.12. The summed E-state index contributed by atoms with van der Waals surface area (Å²) in [7, 11) is 0. The van der Waals surface area contributed by atoms with E-state index >= 15 is 0 Å². The van der Waals surface area contributed by atoms with Gasteiger partial charge in [-0.3, -0.25) is 4.79 Å². The lowest BCUT2D eigenvalue weighted by molar-refractivity contribution is 0.102. The minimum absolute atomic E-state index is 0.196. The van der Waals surface area contributed by atoms with Gasteiger partial charge in [0.15, 0.2) is 0 Å². The molecule has 0 bridgehead atoms. The van der Waals surface area contributed by atoms with Crippen molar-refractivity contribution in [2.24, 2.45) is 0 Å². The van der Waals surface area contributed by atoms with Gasteiger partial charge in [0.2, 0.25) is 0 Å². The second-order valence-corrected chi connectivity index (χ2v) is 5.40. The second-order valence-electron chi connectivity index (χ2n) is 4.99. The average Bonchev–Trinajstić information content (AvgIpc) is 2.49. The van der Waals surface area contributed by atoms with Gasteiger partial charge in [0.25, 0.3) is 5.91 Å². The Morgan fingerprint density at radius 2 is 1.90 bits per heavy atom. The number of nitrogens with one attached hydrogen (secondary N) is 1. The Labute approximate surface area is 130 Å². The highest BCUT2D eigenvalue weighted by atomic mass is 35.5. The fourth-order valence-corrected chi connectivity index (χ4v) is 2.19. The number of hydrogen-bond acceptors (Lipinski definition) is 2. The van der Waals surface area contributed by atoms with E-state index in [0.717, 1.165) is 12.1 Å². The zero-order valence-electron chi connectivity index (χ0n) is 12.0. The summed E-state index contributed by atoms with van der Waals surface area (Å²) in [6, 6.07) is 12.8. The van der Waals surface area contributed by atoms with Crippen molar-refractivity contribution in [2.45, 2.75) is 26.2 Å². The van der Waals surface area contributed by atoms with Crippen molar-refractivity contribution in [1.82, 2.24) is 0 Å². The molecular weight excluding hydrogens is 284 g/mol. The molecule has 0 saturated heterocycles. The normalized spacial score (nSPS) is 10.4. The number of aryl methyl sites for hydroxylation is 1. The molecule has 2 aromatic carbocycles. The van der Waals surface area contributed by atoms with E-state index in [2.05, 4.69) is 12.2 Å². The number of carbonyl (C=O) groups excluding carboxylic acids is 1. The predicted octanol–water partition coefficient (Wildman–Crippen LogP) is 4.52. The van der Waals surface area contributed by atoms with Gasteiger partial charge < -0.3 is 11.1 Å². The van der Waals surface area contributed by atoms with E-state index in [0.29, 0.717) is 16.3 Å². The summed E-state index contributed by atoms with van der Waals surface area (Å²) in [6.07, 6.45) is 3.42. The minimum Gasteiger partial charge on any atom is -0.398 e. The third kappa shape index (κ3) is 4.23. The Balaban J connectivity index is 2.03. The van der Waals surface area contributed by atoms with Crippen molar-refractivity contribution in [2.75, 3.05) is 11.1 Å². The molecule has 110 valence electrons. The van der Waals surface area contributed by atoms with E-state index in [1.807, 2.05) is 24.3 Å². The standard InChI is InChI=1S/C17H19ClN2O/c1-2-3-4-12-5-8-14(9-6-12)20-17(21)13-7-10-16(19)15(18)11-13/h5-11H,2-4,19H2,1H3,(H,20,21). The maximum absolute atomic E-state index is 12.1. The summed E-state index contributed by atoms with van der Waals surface area (Å²) in [6.45, 7) is 2.17. The summed E-state index contributed by atoms with van der Waals surface area (Å²) in [5.41, 5.74) is 8.64. The van der Waals surface area contributed by atoms with Crippen molar-refractivity contribution in [3.05, 3.63) is 58.6 Å². The molecule has 0 aliphatic carbocycles. The lowest BCUT2D eigenvalue weighted by atomic mass is 10.1. The van der Waals surface area contributed by atoms with Gasteiger partial charge in [0.1, 0.15) is 0 Å². The van der Waals surface area contributed by atoms with E-state index in [4.69, 9.17) is 17.3 Å². The molecule has 0 atom stereocenters. The summed E-state index contributed by atoms with van der Waals surface area (Å²) < 4.78 is 0. The molecule has 3 N–H and O–H groups in total. The molecular formula is C17H19ClN2O. The Morgan fingerprint density at radius 3 is 2.52 bits per heavy atom. The number of nitrogens with two attached hydrogens (primary N) is 1. The van der Waals surface area contributed by atoms with Crippen LogP contribution in [0.5, 0.6) is 0 Å². The van der Waals surface area contributed by atoms with Crippen LogP contribution in [0.4, 0.5) is 11.4 Å². The maximum Gasteiger partial charge on any atom is 0.255 e. The van der Waals surface area contributed by atoms with Gasteiger partial charge in [-0.2, -0.15) is 0 Å². The molecule has 21 heavy (non-hydrogen) atoms. The van der Waals surface area contributed by atoms with Gasteiger partial charge in [-0.25, -0.2) is 0 Å². The molecule has 2 aromatic rings. The highest BCUT2D eigenvalue weighted by Crippen LogP contribution is 2.20. The molecule has 4 heteroatoms. The molecule has 2 rings (SSSR count). The predicted molar refractivity (Wildman–Crippen MR) is 88.9 cm³/mol. The minimum atomic E-state index is -0.196. The summed E-state index contributed by atoms with van der Waals surface area (Å²) >= 11 is 5.93. The highest BCUT2D eigenvalue weighted by molar-refractivity contribution is 6.33. The molecule has 1 amide bonds. The average molecular weight is 303 g/mol. The van der Waals surface area contributed by atoms with Crippen molar-refractivity contribution >= 4 is 28.9 Å². The van der Waals surface area contributed by atoms with Crippen LogP contribution in [0.15, 0.2) is 42.5 Å². The van der Waals surface area contributed by atoms with Crippen LogP contribution in [0.1, 0.15) is 35.7 Å². The van der Waals surface area contributed by atoms with Gasteiger partial charge >= 0.3 is 0 Å². The molecule has 0 aliphatic heterocycles. The molecule has 0 aromatic heterocycles. The molecule has 3 nitrogen and oxygen atoms in total. The Kier molecular flexibility index (Phi) is 5.23. The molecule has 0 fully saturated rings. The topological polar surface area (TPSA) is 55.1 Å². The van der Waals surface area contributed by atoms with Crippen LogP contribution >= 0.6 is 11.6 Å². The fourth-order valence-electron chi connectivity index (χ4n) is 2.01. The maximum atomic E-state index is 12.1. The Hall–Kier alpha value is -2.00. The first-order valence-electron chi connectivity index (χ1n) is 7.05. The summed E-state index contributed by atoms with van der Waals surface area (Å²) in [5.74, 6) is -0.196. The Morgan fingerprint density at radius 1 is 1.19 bits per heavy atom. The number of carbonyl (C=O) groups is 1. The number of amides is 1. The fraction of sp³-hybridized carbons (Fsp3) is 0.235. The number of unbranched alkanes of at least 4 members (excludes halogenated alkanes) is 1. The number of rotatable bonds is 5. The number of nitrogen functional groups attached to an aromatic ring is 1. The van der Waals surface area contributed by atoms with E-state index in [1.54, 1.807) is 18.2 Å². The van der Waals surface area contributed by atoms with Gasteiger partial charge in [-0.15, -0.1) is 0 Å². The molecule has 0 heterocycles. The zero-order chi connectivity index (χ0) is 15.2. The lowest BCUT2D eigenvalue weighted by Gasteiger charge is -2.07. The number of anilines is 2. The van der Waals surface area contributed by atoms with Crippen LogP contribution in [0.25, 0.3) is 0 Å². The van der Waals surface area contributed by atoms with Crippen molar-refractivity contribution in [3.63, 3.8) is 0 Å². The van der Waals surface area contributed by atoms with E-state index in [1.165, 1.54) is 18.4 Å². The van der Waals surface area contributed by atoms with Gasteiger partial charge in [0, 0.05) is 11.3 Å². The van der Waals surface area contributed by atoms with Crippen LogP contribution < -0.4 is 11.1 Å². The van der Waals surface area contributed by atoms with E-state index < -0.39 is 0 Å². The van der Waals surface area contributed by atoms with Crippen LogP contribution in [0.2, 0.25) is 5.02 Å². The molecule has 0 spiro atoms. The third-order valence-corrected chi connectivity index (χ3v) is 3.62. The van der Waals surface area contributed by atoms with Crippen LogP contribution in [-0.4, -0.2) is 5.91 Å². The van der Waals surface area contributed by atoms with Crippen LogP contribution in [0, 0.1) is 0 Å². The zero-order valence-corrected chi connectivity index (χ0v) is 12.8. The smallest absolute Gasteiger partial charge is 0.255 e. The number of hydrogen-bond donors (Lipinski definition) is 2. The van der Waals surface area contributed by atoms with Crippen LogP contribution in [-0.2, 0) is 6.42 Å². The van der Waals surface area contributed by atoms with Crippen molar-refractivity contribution < 1.29 is 4.79 Å². The van der Waals surface area contributed by atoms with Gasteiger partial charge in [-0.05, 0) is 48.7 Å². The first kappa shape index (κ1) is 15.4. The van der Waals surface area contributed by atoms with E-state index in [9.17, 15) is 4.79 Å². The monoisotopic (exact) mass is 302 g/mol. The van der Waals surface area contributed by atoms with Gasteiger partial charge in [-0.1, -0.05) is 37.1 Å². The highest BCUT2D eigenvalue weighted by Gasteiger charge is 2.08. The quantitative estimate of drug-likeness (QED) is 0.798. The number of halogens is 1. The second kappa shape index (κ2) is 7.14. The summed E-state index contributed by atoms with van der Waals surface area (Å²) in [4.78, 5) is 12.1. The van der Waals surface area contributed by atoms with E-state index in [-0.39, 0.29) is 5.91 Å².